The fraction of sp³-hybridized carbons (Fsp3) is 0.526. The lowest BCUT2D eigenvalue weighted by atomic mass is 9.60. The number of hydrogen-bond acceptors (Lipinski definition) is 5. The highest BCUT2D eigenvalue weighted by Gasteiger charge is 2.74. The smallest absolute Gasteiger partial charge is 0.308 e. The summed E-state index contributed by atoms with van der Waals surface area (Å²) in [5.74, 6) is 1.67. The van der Waals surface area contributed by atoms with Crippen LogP contribution in [0.25, 0.3) is 0 Å². The van der Waals surface area contributed by atoms with E-state index in [1.54, 1.807) is 0 Å². The number of hydrogen-bond donors (Lipinski definition) is 1. The van der Waals surface area contributed by atoms with Crippen molar-refractivity contribution >= 4 is 5.97 Å². The van der Waals surface area contributed by atoms with Crippen LogP contribution in [0.3, 0.4) is 0 Å². The van der Waals surface area contributed by atoms with Gasteiger partial charge in [0.2, 0.25) is 0 Å². The van der Waals surface area contributed by atoms with Crippen LogP contribution in [0, 0.1) is 5.92 Å². The van der Waals surface area contributed by atoms with Gasteiger partial charge in [-0.05, 0) is 25.1 Å². The number of nitrogens with zero attached hydrogens (tertiary/aromatic N) is 1. The Morgan fingerprint density at radius 2 is 2.21 bits per heavy atom. The summed E-state index contributed by atoms with van der Waals surface area (Å²) < 4.78 is 11.6. The maximum Gasteiger partial charge on any atom is 0.308 e. The summed E-state index contributed by atoms with van der Waals surface area (Å²) in [5, 5.41) is 10.6. The number of aliphatic hydroxyl groups is 1. The first-order valence-electron chi connectivity index (χ1n) is 8.65. The standard InChI is InChI=1S/C19H19NO4/c1-8(21)23-13-6-3-9-10-7-19-11(16-15(10)20(16)2)4-5-12(22)18(19)24-17(13)14(9)19/h3-6,10-12,15-16,18,22H,7H2,1-2H3/t10-,11+,12+,15-,16+,18+,19+,20?/m1/s1. The molecule has 6 rings (SSSR count). The largest absolute Gasteiger partial charge is 0.482 e. The van der Waals surface area contributed by atoms with E-state index in [4.69, 9.17) is 9.47 Å². The van der Waals surface area contributed by atoms with Crippen LogP contribution in [-0.2, 0) is 10.2 Å². The van der Waals surface area contributed by atoms with Gasteiger partial charge < -0.3 is 14.6 Å². The van der Waals surface area contributed by atoms with Gasteiger partial charge in [0.25, 0.3) is 0 Å². The molecule has 5 nitrogen and oxygen atoms in total. The Morgan fingerprint density at radius 1 is 1.38 bits per heavy atom. The van der Waals surface area contributed by atoms with Gasteiger partial charge in [0.15, 0.2) is 11.5 Å². The van der Waals surface area contributed by atoms with E-state index in [0.29, 0.717) is 35.4 Å². The van der Waals surface area contributed by atoms with Crippen molar-refractivity contribution < 1.29 is 19.4 Å². The van der Waals surface area contributed by atoms with Crippen molar-refractivity contribution in [3.8, 4) is 11.5 Å². The number of likely N-dealkylation sites (tertiary alicyclic amines) is 1. The molecule has 5 heteroatoms. The van der Waals surface area contributed by atoms with Crippen molar-refractivity contribution in [1.82, 2.24) is 4.90 Å². The van der Waals surface area contributed by atoms with Crippen LogP contribution < -0.4 is 9.47 Å². The van der Waals surface area contributed by atoms with E-state index < -0.39 is 6.10 Å². The van der Waals surface area contributed by atoms with Crippen molar-refractivity contribution in [1.29, 1.82) is 0 Å². The van der Waals surface area contributed by atoms with E-state index in [9.17, 15) is 9.90 Å². The molecule has 1 aromatic carbocycles. The molecule has 1 N–H and O–H groups in total. The van der Waals surface area contributed by atoms with E-state index in [0.717, 1.165) is 6.42 Å². The summed E-state index contributed by atoms with van der Waals surface area (Å²) in [5.41, 5.74) is 2.35. The number of ether oxygens (including phenoxy) is 2. The lowest BCUT2D eigenvalue weighted by Crippen LogP contribution is -2.54. The molecule has 3 aliphatic carbocycles. The molecular formula is C19H19NO4. The molecule has 8 atom stereocenters. The van der Waals surface area contributed by atoms with Gasteiger partial charge in [0, 0.05) is 41.8 Å². The van der Waals surface area contributed by atoms with Crippen LogP contribution in [0.4, 0.5) is 0 Å². The molecule has 24 heavy (non-hydrogen) atoms. The molecule has 0 aromatic heterocycles. The monoisotopic (exact) mass is 325 g/mol. The molecule has 0 radical (unpaired) electrons. The molecule has 0 amide bonds. The zero-order valence-electron chi connectivity index (χ0n) is 13.6. The third kappa shape index (κ3) is 1.24. The number of rotatable bonds is 1. The lowest BCUT2D eigenvalue weighted by molar-refractivity contribution is -0.132. The minimum atomic E-state index is -0.619. The van der Waals surface area contributed by atoms with Gasteiger partial charge in [-0.25, -0.2) is 0 Å². The van der Waals surface area contributed by atoms with E-state index in [1.807, 2.05) is 12.1 Å². The van der Waals surface area contributed by atoms with E-state index in [1.165, 1.54) is 18.1 Å². The van der Waals surface area contributed by atoms with Crippen molar-refractivity contribution in [2.24, 2.45) is 5.92 Å². The first-order chi connectivity index (χ1) is 11.5. The molecule has 2 bridgehead atoms. The summed E-state index contributed by atoms with van der Waals surface area (Å²) in [7, 11) is 2.20. The fourth-order valence-electron chi connectivity index (χ4n) is 6.26. The van der Waals surface area contributed by atoms with Gasteiger partial charge in [-0.15, -0.1) is 0 Å². The minimum absolute atomic E-state index is 0.175. The molecule has 1 spiro atoms. The van der Waals surface area contributed by atoms with Crippen molar-refractivity contribution in [3.63, 3.8) is 0 Å². The highest BCUT2D eigenvalue weighted by atomic mass is 16.6. The van der Waals surface area contributed by atoms with Crippen molar-refractivity contribution in [2.75, 3.05) is 7.05 Å². The first kappa shape index (κ1) is 13.4. The molecule has 2 heterocycles. The molecule has 0 saturated carbocycles. The highest BCUT2D eigenvalue weighted by molar-refractivity contribution is 5.73. The quantitative estimate of drug-likeness (QED) is 0.365. The minimum Gasteiger partial charge on any atom is -0.482 e. The van der Waals surface area contributed by atoms with Crippen LogP contribution in [0.15, 0.2) is 24.3 Å². The predicted molar refractivity (Wildman–Crippen MR) is 85.2 cm³/mol. The van der Waals surface area contributed by atoms with E-state index >= 15 is 0 Å². The molecule has 2 aliphatic heterocycles. The second-order valence-electron chi connectivity index (χ2n) is 7.89. The van der Waals surface area contributed by atoms with Gasteiger partial charge in [0.05, 0.1) is 0 Å². The second kappa shape index (κ2) is 3.86. The van der Waals surface area contributed by atoms with Crippen LogP contribution in [0.1, 0.15) is 30.4 Å². The SMILES string of the molecule is CC(=O)Oc1ccc2c3c1O[C@H]1[C@@H](O)C=C[C@H]4[C@H]5[C@@H]([C@@H]2C[C@@]341)N5C. The summed E-state index contributed by atoms with van der Waals surface area (Å²) in [6.45, 7) is 1.40. The molecule has 1 fully saturated rings. The summed E-state index contributed by atoms with van der Waals surface area (Å²) in [6, 6.07) is 5.07. The van der Waals surface area contributed by atoms with Crippen LogP contribution >= 0.6 is 0 Å². The third-order valence-corrected chi connectivity index (χ3v) is 6.98. The molecule has 1 unspecified atom stereocenters. The van der Waals surface area contributed by atoms with Crippen LogP contribution in [0.2, 0.25) is 0 Å². The molecular weight excluding hydrogens is 306 g/mol. The molecule has 5 aliphatic rings. The zero-order valence-corrected chi connectivity index (χ0v) is 13.6. The summed E-state index contributed by atoms with van der Waals surface area (Å²) in [6.07, 6.45) is 4.20. The maximum absolute atomic E-state index is 11.5. The van der Waals surface area contributed by atoms with Crippen LogP contribution in [-0.4, -0.2) is 47.3 Å². The maximum atomic E-state index is 11.5. The third-order valence-electron chi connectivity index (χ3n) is 6.98. The number of benzene rings is 1. The van der Waals surface area contributed by atoms with E-state index in [-0.39, 0.29) is 17.5 Å². The van der Waals surface area contributed by atoms with Crippen molar-refractivity contribution in [3.05, 3.63) is 35.4 Å². The predicted octanol–water partition coefficient (Wildman–Crippen LogP) is 1.34. The summed E-state index contributed by atoms with van der Waals surface area (Å²) in [4.78, 5) is 13.9. The fourth-order valence-corrected chi connectivity index (χ4v) is 6.26. The molecule has 1 aromatic rings. The lowest BCUT2D eigenvalue weighted by Gasteiger charge is -2.44. The zero-order chi connectivity index (χ0) is 16.4. The Bertz CT molecular complexity index is 833. The van der Waals surface area contributed by atoms with Gasteiger partial charge in [-0.2, -0.15) is 0 Å². The number of likely N-dealkylation sites (N-methyl/N-ethyl adjacent to an activating group) is 1. The Labute approximate surface area is 139 Å². The van der Waals surface area contributed by atoms with Gasteiger partial charge in [0.1, 0.15) is 12.2 Å². The van der Waals surface area contributed by atoms with Gasteiger partial charge >= 0.3 is 5.97 Å². The Hall–Kier alpha value is -1.85. The topological polar surface area (TPSA) is 58.8 Å². The number of aliphatic hydroxyl groups excluding tert-OH is 1. The normalized spacial score (nSPS) is 47.7. The van der Waals surface area contributed by atoms with Crippen molar-refractivity contribution in [2.45, 2.75) is 49.0 Å². The Kier molecular flexibility index (Phi) is 2.16. The number of fused-ring (bicyclic) bond motifs is 3. The number of carbonyl (C=O) groups excluding carboxylic acids is 1. The first-order valence-corrected chi connectivity index (χ1v) is 8.65. The van der Waals surface area contributed by atoms with Crippen LogP contribution in [0.5, 0.6) is 11.5 Å². The molecule has 1 saturated heterocycles. The van der Waals surface area contributed by atoms with E-state index in [2.05, 4.69) is 24.1 Å². The summed E-state index contributed by atoms with van der Waals surface area (Å²) >= 11 is 0. The highest BCUT2D eigenvalue weighted by Crippen LogP contribution is 2.72. The Balaban J connectivity index is 1.63. The average molecular weight is 325 g/mol. The van der Waals surface area contributed by atoms with Gasteiger partial charge in [-0.1, -0.05) is 18.2 Å². The van der Waals surface area contributed by atoms with Gasteiger partial charge in [-0.3, -0.25) is 9.69 Å². The average Bonchev–Trinajstić information content (AvgIpc) is 2.96. The number of esters is 1. The Morgan fingerprint density at radius 3 is 3.00 bits per heavy atom. The second-order valence-corrected chi connectivity index (χ2v) is 7.89. The molecule has 124 valence electrons. The number of carbonyl (C=O) groups is 1.